The summed E-state index contributed by atoms with van der Waals surface area (Å²) in [7, 11) is 0. The molecule has 0 aliphatic rings. The Morgan fingerprint density at radius 3 is 1.50 bits per heavy atom. The van der Waals surface area contributed by atoms with Crippen molar-refractivity contribution in [1.29, 1.82) is 0 Å². The van der Waals surface area contributed by atoms with E-state index in [9.17, 15) is 0 Å². The Bertz CT molecular complexity index is 308. The van der Waals surface area contributed by atoms with Gasteiger partial charge in [0, 0.05) is 0 Å². The average Bonchev–Trinajstić information content (AvgIpc) is 2.21. The van der Waals surface area contributed by atoms with E-state index in [1.54, 1.807) is 0 Å². The summed E-state index contributed by atoms with van der Waals surface area (Å²) in [6, 6.07) is 0. The van der Waals surface area contributed by atoms with Crippen LogP contribution in [0.15, 0.2) is 12.4 Å². The van der Waals surface area contributed by atoms with Gasteiger partial charge in [0.15, 0.2) is 0 Å². The molecule has 0 atom stereocenters. The Hall–Kier alpha value is -2.12. The van der Waals surface area contributed by atoms with Gasteiger partial charge in [0.05, 0.1) is 12.4 Å². The molecule has 58 valence electrons. The van der Waals surface area contributed by atoms with Crippen LogP contribution in [0.25, 0.3) is 11.4 Å². The molecule has 0 aliphatic heterocycles. The zero-order chi connectivity index (χ0) is 8.23. The number of nitrogens with zero attached hydrogens (tertiary/aromatic N) is 8. The normalized spacial score (nSPS) is 9.67. The molecule has 8 nitrogen and oxygen atoms in total. The molecule has 0 radical (unpaired) electrons. The fourth-order valence-corrected chi connectivity index (χ4v) is 0.630. The zero-order valence-electron chi connectivity index (χ0n) is 5.73. The molecule has 0 unspecified atom stereocenters. The molecule has 0 fully saturated rings. The first-order valence-electron chi connectivity index (χ1n) is 2.99. The van der Waals surface area contributed by atoms with Crippen LogP contribution in [-0.2, 0) is 0 Å². The van der Waals surface area contributed by atoms with E-state index in [-0.39, 0.29) is 0 Å². The van der Waals surface area contributed by atoms with Gasteiger partial charge in [-0.3, -0.25) is 0 Å². The van der Waals surface area contributed by atoms with E-state index < -0.39 is 0 Å². The van der Waals surface area contributed by atoms with Crippen molar-refractivity contribution in [3.63, 3.8) is 0 Å². The summed E-state index contributed by atoms with van der Waals surface area (Å²) in [6.07, 6.45) is 2.83. The summed E-state index contributed by atoms with van der Waals surface area (Å²) in [5.74, 6) is 0. The van der Waals surface area contributed by atoms with Crippen LogP contribution in [0.3, 0.4) is 0 Å². The molecule has 2 rings (SSSR count). The summed E-state index contributed by atoms with van der Waals surface area (Å²) in [5.41, 5.74) is 0.930. The van der Waals surface area contributed by atoms with E-state index in [1.165, 1.54) is 12.4 Å². The summed E-state index contributed by atoms with van der Waals surface area (Å²) >= 11 is 0. The zero-order valence-corrected chi connectivity index (χ0v) is 5.73. The van der Waals surface area contributed by atoms with Crippen molar-refractivity contribution in [3.05, 3.63) is 12.4 Å². The van der Waals surface area contributed by atoms with Crippen LogP contribution in [0.1, 0.15) is 0 Å². The maximum atomic E-state index is 3.66. The second-order valence-electron chi connectivity index (χ2n) is 1.82. The monoisotopic (exact) mass is 162 g/mol. The summed E-state index contributed by atoms with van der Waals surface area (Å²) in [6.45, 7) is 0. The van der Waals surface area contributed by atoms with Crippen molar-refractivity contribution in [2.24, 2.45) is 0 Å². The van der Waals surface area contributed by atoms with Gasteiger partial charge in [0.1, 0.15) is 11.4 Å². The topological polar surface area (TPSA) is 103 Å². The van der Waals surface area contributed by atoms with E-state index in [0.29, 0.717) is 11.4 Å². The highest BCUT2D eigenvalue weighted by molar-refractivity contribution is 5.48. The number of hydrogen-bond donors (Lipinski definition) is 0. The van der Waals surface area contributed by atoms with Crippen molar-refractivity contribution in [2.45, 2.75) is 0 Å². The molecule has 0 saturated carbocycles. The number of rotatable bonds is 1. The van der Waals surface area contributed by atoms with Crippen LogP contribution in [0.5, 0.6) is 0 Å². The van der Waals surface area contributed by atoms with Gasteiger partial charge >= 0.3 is 0 Å². The van der Waals surface area contributed by atoms with Crippen molar-refractivity contribution >= 4 is 0 Å². The minimum absolute atomic E-state index is 0.465. The molecule has 0 aliphatic carbocycles. The van der Waals surface area contributed by atoms with Crippen molar-refractivity contribution < 1.29 is 0 Å². The second-order valence-corrected chi connectivity index (χ2v) is 1.82. The van der Waals surface area contributed by atoms with Crippen molar-refractivity contribution in [2.75, 3.05) is 0 Å². The molecule has 0 aromatic carbocycles. The molecule has 0 bridgehead atoms. The van der Waals surface area contributed by atoms with E-state index in [4.69, 9.17) is 0 Å². The minimum atomic E-state index is 0.465. The van der Waals surface area contributed by atoms with Crippen LogP contribution >= 0.6 is 0 Å². The highest BCUT2D eigenvalue weighted by atomic mass is 15.4. The van der Waals surface area contributed by atoms with Gasteiger partial charge in [0.2, 0.25) is 0 Å². The van der Waals surface area contributed by atoms with Gasteiger partial charge in [-0.25, -0.2) is 0 Å². The summed E-state index contributed by atoms with van der Waals surface area (Å²) in [4.78, 5) is 0. The fourth-order valence-electron chi connectivity index (χ4n) is 0.630. The number of hydrogen-bond acceptors (Lipinski definition) is 8. The first-order chi connectivity index (χ1) is 5.97. The van der Waals surface area contributed by atoms with Gasteiger partial charge in [-0.05, 0) is 20.9 Å². The lowest BCUT2D eigenvalue weighted by Crippen LogP contribution is -1.98. The quantitative estimate of drug-likeness (QED) is 0.499. The first-order valence-corrected chi connectivity index (χ1v) is 2.99. The lowest BCUT2D eigenvalue weighted by atomic mass is 10.4. The van der Waals surface area contributed by atoms with Gasteiger partial charge in [-0.1, -0.05) is 0 Å². The van der Waals surface area contributed by atoms with Crippen LogP contribution in [0.2, 0.25) is 0 Å². The SMILES string of the molecule is c1nnnnc1-c1cnnnn1. The van der Waals surface area contributed by atoms with Crippen molar-refractivity contribution in [1.82, 2.24) is 41.2 Å². The molecule has 0 saturated heterocycles. The smallest absolute Gasteiger partial charge is 0.135 e. The van der Waals surface area contributed by atoms with Crippen LogP contribution in [0, 0.1) is 0 Å². The third kappa shape index (κ3) is 1.17. The molecule has 0 spiro atoms. The maximum Gasteiger partial charge on any atom is 0.137 e. The number of aromatic nitrogens is 8. The lowest BCUT2D eigenvalue weighted by molar-refractivity contribution is 0.741. The van der Waals surface area contributed by atoms with Gasteiger partial charge < -0.3 is 0 Å². The lowest BCUT2D eigenvalue weighted by Gasteiger charge is -1.90. The fraction of sp³-hybridized carbons (Fsp3) is 0. The molecule has 0 N–H and O–H groups in total. The van der Waals surface area contributed by atoms with Crippen LogP contribution in [-0.4, -0.2) is 41.2 Å². The van der Waals surface area contributed by atoms with Crippen LogP contribution in [0.4, 0.5) is 0 Å². The Kier molecular flexibility index (Phi) is 1.57. The maximum absolute atomic E-state index is 3.66. The predicted molar refractivity (Wildman–Crippen MR) is 34.2 cm³/mol. The van der Waals surface area contributed by atoms with Crippen molar-refractivity contribution in [3.8, 4) is 11.4 Å². The molecular formula is C4H2N8. The van der Waals surface area contributed by atoms with E-state index in [0.717, 1.165) is 0 Å². The standard InChI is InChI=1S/C4H2N8/c1-3(7-11-9-5-1)4-2-6-10-12-8-4/h1-2H. The third-order valence-electron chi connectivity index (χ3n) is 1.11. The van der Waals surface area contributed by atoms with E-state index in [1.807, 2.05) is 0 Å². The minimum Gasteiger partial charge on any atom is -0.135 e. The Balaban J connectivity index is 2.46. The van der Waals surface area contributed by atoms with Crippen LogP contribution < -0.4 is 0 Å². The Morgan fingerprint density at radius 2 is 1.17 bits per heavy atom. The van der Waals surface area contributed by atoms with Gasteiger partial charge in [-0.2, -0.15) is 0 Å². The second kappa shape index (κ2) is 2.86. The first kappa shape index (κ1) is 6.58. The highest BCUT2D eigenvalue weighted by Gasteiger charge is 2.01. The van der Waals surface area contributed by atoms with Gasteiger partial charge in [-0.15, -0.1) is 20.4 Å². The molecule has 0 amide bonds. The Morgan fingerprint density at radius 1 is 0.667 bits per heavy atom. The van der Waals surface area contributed by atoms with E-state index in [2.05, 4.69) is 41.2 Å². The molecule has 2 aromatic heterocycles. The summed E-state index contributed by atoms with van der Waals surface area (Å²) in [5, 5.41) is 27.6. The molecule has 12 heavy (non-hydrogen) atoms. The molecule has 2 aromatic rings. The largest absolute Gasteiger partial charge is 0.137 e. The molecular weight excluding hydrogens is 160 g/mol. The highest BCUT2D eigenvalue weighted by Crippen LogP contribution is 2.05. The van der Waals surface area contributed by atoms with Gasteiger partial charge in [0.25, 0.3) is 0 Å². The average molecular weight is 162 g/mol. The summed E-state index contributed by atoms with van der Waals surface area (Å²) < 4.78 is 0. The Labute approximate surface area is 66.1 Å². The predicted octanol–water partition coefficient (Wildman–Crippen LogP) is -1.49. The molecule has 2 heterocycles. The van der Waals surface area contributed by atoms with E-state index >= 15 is 0 Å². The third-order valence-corrected chi connectivity index (χ3v) is 1.11. The molecule has 8 heteroatoms.